The summed E-state index contributed by atoms with van der Waals surface area (Å²) in [5.41, 5.74) is 0. The van der Waals surface area contributed by atoms with E-state index in [2.05, 4.69) is 13.8 Å². The Morgan fingerprint density at radius 1 is 0.483 bits per heavy atom. The normalized spacial score (nSPS) is 12.4. The molecule has 5 heteroatoms. The molecule has 0 aliphatic heterocycles. The zero-order valence-electron chi connectivity index (χ0n) is 20.6. The third-order valence-electron chi connectivity index (χ3n) is 4.81. The Hall–Kier alpha value is 0.0569. The summed E-state index contributed by atoms with van der Waals surface area (Å²) in [6.07, 6.45) is 17.8. The highest BCUT2D eigenvalue weighted by atomic mass is 28.4. The largest absolute Gasteiger partial charge is 0.680 e. The van der Waals surface area contributed by atoms with Crippen molar-refractivity contribution in [2.75, 3.05) is 13.2 Å². The molecular formula is C24H52O4Si. The number of hydrogen-bond acceptors (Lipinski definition) is 4. The number of rotatable bonds is 22. The lowest BCUT2D eigenvalue weighted by Crippen LogP contribution is -2.52. The molecule has 0 aliphatic carbocycles. The van der Waals surface area contributed by atoms with Gasteiger partial charge in [-0.2, -0.15) is 0 Å². The van der Waals surface area contributed by atoms with Gasteiger partial charge in [0, 0.05) is 25.4 Å². The Labute approximate surface area is 183 Å². The van der Waals surface area contributed by atoms with Crippen LogP contribution in [0.2, 0.25) is 0 Å². The molecule has 0 heterocycles. The van der Waals surface area contributed by atoms with Crippen LogP contribution in [0.15, 0.2) is 0 Å². The third-order valence-corrected chi connectivity index (χ3v) is 7.45. The third kappa shape index (κ3) is 18.5. The summed E-state index contributed by atoms with van der Waals surface area (Å²) in [6, 6.07) is 0. The predicted molar refractivity (Wildman–Crippen MR) is 126 cm³/mol. The highest BCUT2D eigenvalue weighted by molar-refractivity contribution is 6.53. The van der Waals surface area contributed by atoms with Crippen molar-refractivity contribution in [2.45, 2.75) is 144 Å². The van der Waals surface area contributed by atoms with Crippen LogP contribution in [-0.4, -0.2) is 34.5 Å². The monoisotopic (exact) mass is 432 g/mol. The predicted octanol–water partition coefficient (Wildman–Crippen LogP) is 7.81. The summed E-state index contributed by atoms with van der Waals surface area (Å²) in [6.45, 7) is 14.0. The van der Waals surface area contributed by atoms with Crippen LogP contribution in [0.5, 0.6) is 0 Å². The minimum atomic E-state index is -3.08. The van der Waals surface area contributed by atoms with Crippen LogP contribution in [0.4, 0.5) is 0 Å². The van der Waals surface area contributed by atoms with Crippen LogP contribution in [0, 0.1) is 0 Å². The molecule has 0 rings (SSSR count). The first-order valence-electron chi connectivity index (χ1n) is 12.6. The minimum Gasteiger partial charge on any atom is -0.351 e. The first-order valence-corrected chi connectivity index (χ1v) is 14.2. The lowest BCUT2D eigenvalue weighted by molar-refractivity contribution is -0.0635. The van der Waals surface area contributed by atoms with Crippen LogP contribution >= 0.6 is 0 Å². The van der Waals surface area contributed by atoms with Crippen LogP contribution in [0.25, 0.3) is 0 Å². The van der Waals surface area contributed by atoms with Crippen molar-refractivity contribution in [1.29, 1.82) is 0 Å². The van der Waals surface area contributed by atoms with Crippen LogP contribution in [0.1, 0.15) is 131 Å². The zero-order valence-corrected chi connectivity index (χ0v) is 21.6. The standard InChI is InChI=1S/C24H52O4Si/c1-7-9-11-13-15-17-19-21-25-29(27-23(3)4,28-24(5)6)26-22-20-18-16-14-12-10-8-2/h23-24H,7-22H2,1-6H3. The van der Waals surface area contributed by atoms with Crippen molar-refractivity contribution in [3.05, 3.63) is 0 Å². The Kier molecular flexibility index (Phi) is 20.0. The SMILES string of the molecule is CCCCCCCCCO[Si](OCCCCCCCCC)(OC(C)C)OC(C)C. The minimum absolute atomic E-state index is 0.0310. The first-order chi connectivity index (χ1) is 14.0. The van der Waals surface area contributed by atoms with E-state index >= 15 is 0 Å². The quantitative estimate of drug-likeness (QED) is 0.129. The molecule has 0 aliphatic rings. The van der Waals surface area contributed by atoms with Gasteiger partial charge < -0.3 is 17.7 Å². The molecule has 176 valence electrons. The van der Waals surface area contributed by atoms with E-state index in [1.807, 2.05) is 27.7 Å². The van der Waals surface area contributed by atoms with Gasteiger partial charge in [0.25, 0.3) is 0 Å². The fourth-order valence-corrected chi connectivity index (χ4v) is 5.65. The molecule has 4 nitrogen and oxygen atoms in total. The average Bonchev–Trinajstić information content (AvgIpc) is 2.65. The maximum Gasteiger partial charge on any atom is 0.680 e. The van der Waals surface area contributed by atoms with Crippen molar-refractivity contribution in [3.63, 3.8) is 0 Å². The molecule has 0 bridgehead atoms. The van der Waals surface area contributed by atoms with Gasteiger partial charge >= 0.3 is 9.05 Å². The zero-order chi connectivity index (χ0) is 21.8. The molecule has 0 atom stereocenters. The molecule has 29 heavy (non-hydrogen) atoms. The molecule has 0 radical (unpaired) electrons. The lowest BCUT2D eigenvalue weighted by Gasteiger charge is -2.31. The molecule has 0 aromatic heterocycles. The van der Waals surface area contributed by atoms with Gasteiger partial charge in [-0.15, -0.1) is 0 Å². The van der Waals surface area contributed by atoms with Crippen molar-refractivity contribution in [1.82, 2.24) is 0 Å². The van der Waals surface area contributed by atoms with E-state index in [1.165, 1.54) is 77.0 Å². The number of hydrogen-bond donors (Lipinski definition) is 0. The Bertz CT molecular complexity index is 305. The van der Waals surface area contributed by atoms with Crippen molar-refractivity contribution < 1.29 is 17.7 Å². The summed E-state index contributed by atoms with van der Waals surface area (Å²) in [4.78, 5) is 0. The molecule has 0 fully saturated rings. The summed E-state index contributed by atoms with van der Waals surface area (Å²) in [7, 11) is -3.08. The second-order valence-electron chi connectivity index (χ2n) is 8.77. The van der Waals surface area contributed by atoms with Gasteiger partial charge in [-0.3, -0.25) is 0 Å². The maximum absolute atomic E-state index is 6.21. The molecule has 0 aromatic rings. The highest BCUT2D eigenvalue weighted by Crippen LogP contribution is 2.19. The highest BCUT2D eigenvalue weighted by Gasteiger charge is 2.47. The molecule has 0 unspecified atom stereocenters. The van der Waals surface area contributed by atoms with Gasteiger partial charge in [0.2, 0.25) is 0 Å². The molecule has 0 spiro atoms. The molecule has 0 amide bonds. The molecule has 0 saturated carbocycles. The molecular weight excluding hydrogens is 380 g/mol. The maximum atomic E-state index is 6.21. The summed E-state index contributed by atoms with van der Waals surface area (Å²) >= 11 is 0. The van der Waals surface area contributed by atoms with Crippen LogP contribution in [-0.2, 0) is 17.7 Å². The fourth-order valence-electron chi connectivity index (χ4n) is 3.30. The van der Waals surface area contributed by atoms with Gasteiger partial charge in [-0.1, -0.05) is 90.9 Å². The van der Waals surface area contributed by atoms with E-state index in [1.54, 1.807) is 0 Å². The molecule has 0 aromatic carbocycles. The summed E-state index contributed by atoms with van der Waals surface area (Å²) < 4.78 is 24.7. The van der Waals surface area contributed by atoms with Crippen molar-refractivity contribution >= 4 is 9.05 Å². The Morgan fingerprint density at radius 2 is 0.793 bits per heavy atom. The van der Waals surface area contributed by atoms with Gasteiger partial charge in [0.05, 0.1) is 0 Å². The molecule has 0 saturated heterocycles. The Morgan fingerprint density at radius 3 is 1.10 bits per heavy atom. The topological polar surface area (TPSA) is 36.9 Å². The smallest absolute Gasteiger partial charge is 0.351 e. The van der Waals surface area contributed by atoms with Gasteiger partial charge in [0.1, 0.15) is 0 Å². The van der Waals surface area contributed by atoms with Crippen LogP contribution < -0.4 is 0 Å². The van der Waals surface area contributed by atoms with Crippen molar-refractivity contribution in [3.8, 4) is 0 Å². The van der Waals surface area contributed by atoms with Crippen molar-refractivity contribution in [2.24, 2.45) is 0 Å². The summed E-state index contributed by atoms with van der Waals surface area (Å²) in [5, 5.41) is 0. The fraction of sp³-hybridized carbons (Fsp3) is 1.00. The Balaban J connectivity index is 4.33. The van der Waals surface area contributed by atoms with E-state index in [0.29, 0.717) is 13.2 Å². The second kappa shape index (κ2) is 20.0. The number of unbranched alkanes of at least 4 members (excludes halogenated alkanes) is 12. The average molecular weight is 433 g/mol. The first kappa shape index (κ1) is 29.1. The van der Waals surface area contributed by atoms with E-state index in [9.17, 15) is 0 Å². The van der Waals surface area contributed by atoms with Gasteiger partial charge in [0.15, 0.2) is 0 Å². The van der Waals surface area contributed by atoms with E-state index in [-0.39, 0.29) is 12.2 Å². The molecule has 0 N–H and O–H groups in total. The van der Waals surface area contributed by atoms with Crippen LogP contribution in [0.3, 0.4) is 0 Å². The summed E-state index contributed by atoms with van der Waals surface area (Å²) in [5.74, 6) is 0. The van der Waals surface area contributed by atoms with E-state index in [4.69, 9.17) is 17.7 Å². The van der Waals surface area contributed by atoms with E-state index in [0.717, 1.165) is 12.8 Å². The van der Waals surface area contributed by atoms with E-state index < -0.39 is 9.05 Å². The van der Waals surface area contributed by atoms with Gasteiger partial charge in [-0.05, 0) is 40.5 Å². The lowest BCUT2D eigenvalue weighted by atomic mass is 10.1. The second-order valence-corrected chi connectivity index (χ2v) is 10.8. The van der Waals surface area contributed by atoms with Gasteiger partial charge in [-0.25, -0.2) is 0 Å².